The normalized spacial score (nSPS) is 10.6. The SMILES string of the molecule is CCOc1ccc2c(c1)[n+]([O-])nc(N)[n+]2[O-]. The fourth-order valence-electron chi connectivity index (χ4n) is 1.40. The molecule has 1 aromatic carbocycles. The summed E-state index contributed by atoms with van der Waals surface area (Å²) in [5.74, 6) is 0.123. The van der Waals surface area contributed by atoms with Crippen molar-refractivity contribution < 1.29 is 14.3 Å². The van der Waals surface area contributed by atoms with Crippen LogP contribution in [-0.2, 0) is 0 Å². The number of aromatic nitrogens is 3. The van der Waals surface area contributed by atoms with Gasteiger partial charge < -0.3 is 15.2 Å². The minimum atomic E-state index is -0.383. The Balaban J connectivity index is 2.69. The second kappa shape index (κ2) is 3.69. The van der Waals surface area contributed by atoms with Gasteiger partial charge in [-0.2, -0.15) is 0 Å². The van der Waals surface area contributed by atoms with Crippen molar-refractivity contribution in [3.05, 3.63) is 28.6 Å². The van der Waals surface area contributed by atoms with Crippen molar-refractivity contribution in [2.45, 2.75) is 6.92 Å². The predicted octanol–water partition coefficient (Wildman–Crippen LogP) is -0.518. The Bertz CT molecular complexity index is 544. The Morgan fingerprint density at radius 2 is 2.12 bits per heavy atom. The first kappa shape index (κ1) is 10.2. The standard InChI is InChI=1S/C9H10N4O3/c1-2-16-6-3-4-7-8(5-6)13(15)11-9(10)12(7)14/h3-5H,2H2,1H3,(H2,10,11). The zero-order chi connectivity index (χ0) is 11.7. The molecule has 0 aliphatic carbocycles. The summed E-state index contributed by atoms with van der Waals surface area (Å²) >= 11 is 0. The molecule has 84 valence electrons. The van der Waals surface area contributed by atoms with Crippen LogP contribution in [0, 0.1) is 10.4 Å². The van der Waals surface area contributed by atoms with Gasteiger partial charge in [0.25, 0.3) is 0 Å². The summed E-state index contributed by atoms with van der Waals surface area (Å²) in [6.45, 7) is 2.30. The van der Waals surface area contributed by atoms with E-state index in [1.54, 1.807) is 6.07 Å². The van der Waals surface area contributed by atoms with Crippen LogP contribution in [0.5, 0.6) is 5.75 Å². The molecule has 0 atom stereocenters. The van der Waals surface area contributed by atoms with Crippen LogP contribution in [0.15, 0.2) is 18.2 Å². The van der Waals surface area contributed by atoms with Crippen LogP contribution in [0.2, 0.25) is 0 Å². The number of nitrogens with two attached hydrogens (primary N) is 1. The lowest BCUT2D eigenvalue weighted by Crippen LogP contribution is -2.44. The lowest BCUT2D eigenvalue weighted by atomic mass is 10.3. The maximum atomic E-state index is 11.5. The summed E-state index contributed by atoms with van der Waals surface area (Å²) in [5, 5.41) is 26.2. The van der Waals surface area contributed by atoms with Gasteiger partial charge in [-0.1, -0.05) is 0 Å². The summed E-state index contributed by atoms with van der Waals surface area (Å²) in [4.78, 5) is 0.307. The first-order valence-corrected chi connectivity index (χ1v) is 4.69. The molecule has 7 heteroatoms. The number of nitrogens with zero attached hydrogens (tertiary/aromatic N) is 3. The third-order valence-corrected chi connectivity index (χ3v) is 2.08. The number of hydrogen-bond donors (Lipinski definition) is 1. The highest BCUT2D eigenvalue weighted by Crippen LogP contribution is 2.15. The molecular formula is C9H10N4O3. The molecule has 0 aliphatic heterocycles. The van der Waals surface area contributed by atoms with E-state index >= 15 is 0 Å². The fourth-order valence-corrected chi connectivity index (χ4v) is 1.40. The van der Waals surface area contributed by atoms with Gasteiger partial charge in [0.2, 0.25) is 5.10 Å². The highest BCUT2D eigenvalue weighted by atomic mass is 16.5. The van der Waals surface area contributed by atoms with E-state index in [0.717, 1.165) is 0 Å². The maximum Gasteiger partial charge on any atom is 0.458 e. The number of nitrogen functional groups attached to an aromatic ring is 1. The topological polar surface area (TPSA) is 102 Å². The van der Waals surface area contributed by atoms with Gasteiger partial charge in [-0.3, -0.25) is 5.73 Å². The van der Waals surface area contributed by atoms with E-state index in [9.17, 15) is 10.4 Å². The first-order chi connectivity index (χ1) is 7.63. The van der Waals surface area contributed by atoms with Crippen LogP contribution in [-0.4, -0.2) is 11.7 Å². The van der Waals surface area contributed by atoms with Gasteiger partial charge in [0, 0.05) is 4.85 Å². The molecule has 0 aliphatic rings. The Morgan fingerprint density at radius 1 is 1.38 bits per heavy atom. The highest BCUT2D eigenvalue weighted by molar-refractivity contribution is 5.69. The summed E-state index contributed by atoms with van der Waals surface area (Å²) in [6.07, 6.45) is 0. The molecule has 2 aromatic rings. The molecule has 16 heavy (non-hydrogen) atoms. The van der Waals surface area contributed by atoms with Crippen LogP contribution in [0.4, 0.5) is 5.95 Å². The molecule has 0 amide bonds. The van der Waals surface area contributed by atoms with Crippen LogP contribution < -0.4 is 20.0 Å². The first-order valence-electron chi connectivity index (χ1n) is 4.69. The largest absolute Gasteiger partial charge is 0.739 e. The molecular weight excluding hydrogens is 212 g/mol. The molecule has 0 saturated carbocycles. The molecule has 0 bridgehead atoms. The van der Waals surface area contributed by atoms with E-state index in [1.807, 2.05) is 6.92 Å². The van der Waals surface area contributed by atoms with Crippen molar-refractivity contribution in [3.63, 3.8) is 0 Å². The third-order valence-electron chi connectivity index (χ3n) is 2.08. The molecule has 1 heterocycles. The van der Waals surface area contributed by atoms with E-state index in [-0.39, 0.29) is 17.0 Å². The average molecular weight is 222 g/mol. The summed E-state index contributed by atoms with van der Waals surface area (Å²) < 4.78 is 5.62. The molecule has 2 N–H and O–H groups in total. The van der Waals surface area contributed by atoms with Gasteiger partial charge in [-0.15, -0.1) is 0 Å². The third kappa shape index (κ3) is 1.52. The van der Waals surface area contributed by atoms with E-state index in [2.05, 4.69) is 5.10 Å². The molecule has 7 nitrogen and oxygen atoms in total. The summed E-state index contributed by atoms with van der Waals surface area (Å²) in [5.41, 5.74) is 5.55. The smallest absolute Gasteiger partial charge is 0.458 e. The van der Waals surface area contributed by atoms with Crippen molar-refractivity contribution in [2.75, 3.05) is 12.3 Å². The van der Waals surface area contributed by atoms with Gasteiger partial charge in [0.05, 0.1) is 12.7 Å². The molecule has 0 spiro atoms. The lowest BCUT2D eigenvalue weighted by Gasteiger charge is -2.08. The Hall–Kier alpha value is -2.31. The zero-order valence-corrected chi connectivity index (χ0v) is 8.58. The molecule has 0 radical (unpaired) electrons. The Labute approximate surface area is 90.8 Å². The van der Waals surface area contributed by atoms with Crippen LogP contribution in [0.1, 0.15) is 6.92 Å². The van der Waals surface area contributed by atoms with Gasteiger partial charge >= 0.3 is 11.5 Å². The maximum absolute atomic E-state index is 11.5. The minimum absolute atomic E-state index is 0.121. The van der Waals surface area contributed by atoms with Crippen molar-refractivity contribution in [2.24, 2.45) is 0 Å². The van der Waals surface area contributed by atoms with Gasteiger partial charge in [-0.05, 0) is 19.1 Å². The van der Waals surface area contributed by atoms with Crippen molar-refractivity contribution in [1.82, 2.24) is 5.10 Å². The second-order valence-corrected chi connectivity index (χ2v) is 3.11. The predicted molar refractivity (Wildman–Crippen MR) is 55.2 cm³/mol. The van der Waals surface area contributed by atoms with Crippen LogP contribution in [0.3, 0.4) is 0 Å². The highest BCUT2D eigenvalue weighted by Gasteiger charge is 2.17. The average Bonchev–Trinajstić information content (AvgIpc) is 2.27. The molecule has 0 fully saturated rings. The number of ether oxygens (including phenoxy) is 1. The van der Waals surface area contributed by atoms with E-state index in [0.29, 0.717) is 21.9 Å². The van der Waals surface area contributed by atoms with Crippen molar-refractivity contribution >= 4 is 17.0 Å². The summed E-state index contributed by atoms with van der Waals surface area (Å²) in [6, 6.07) is 4.52. The van der Waals surface area contributed by atoms with E-state index in [4.69, 9.17) is 10.5 Å². The second-order valence-electron chi connectivity index (χ2n) is 3.11. The van der Waals surface area contributed by atoms with Gasteiger partial charge in [0.1, 0.15) is 5.75 Å². The Morgan fingerprint density at radius 3 is 2.81 bits per heavy atom. The quantitative estimate of drug-likeness (QED) is 0.544. The van der Waals surface area contributed by atoms with Crippen molar-refractivity contribution in [1.29, 1.82) is 0 Å². The monoisotopic (exact) mass is 222 g/mol. The van der Waals surface area contributed by atoms with E-state index in [1.165, 1.54) is 12.1 Å². The molecule has 1 aromatic heterocycles. The number of benzene rings is 1. The zero-order valence-electron chi connectivity index (χ0n) is 8.58. The summed E-state index contributed by atoms with van der Waals surface area (Å²) in [7, 11) is 0. The molecule has 0 unspecified atom stereocenters. The van der Waals surface area contributed by atoms with Crippen LogP contribution >= 0.6 is 0 Å². The van der Waals surface area contributed by atoms with Crippen molar-refractivity contribution in [3.8, 4) is 5.75 Å². The minimum Gasteiger partial charge on any atom is -0.739 e. The number of hydrogen-bond acceptors (Lipinski definition) is 5. The Kier molecular flexibility index (Phi) is 2.35. The van der Waals surface area contributed by atoms with Crippen LogP contribution in [0.25, 0.3) is 11.0 Å². The van der Waals surface area contributed by atoms with Gasteiger partial charge in [0.15, 0.2) is 5.52 Å². The molecule has 2 rings (SSSR count). The number of anilines is 1. The van der Waals surface area contributed by atoms with Gasteiger partial charge in [-0.25, -0.2) is 4.73 Å². The number of fused-ring (bicyclic) bond motifs is 1. The van der Waals surface area contributed by atoms with E-state index < -0.39 is 0 Å². The lowest BCUT2D eigenvalue weighted by molar-refractivity contribution is -0.672. The number of rotatable bonds is 2. The fraction of sp³-hybridized carbons (Fsp3) is 0.222. The molecule has 0 saturated heterocycles.